The molecule has 1 fully saturated rings. The Morgan fingerprint density at radius 2 is 2.29 bits per heavy atom. The lowest BCUT2D eigenvalue weighted by molar-refractivity contribution is -0.123. The van der Waals surface area contributed by atoms with Crippen molar-refractivity contribution < 1.29 is 4.79 Å². The molecule has 1 aromatic rings. The molecule has 0 aliphatic carbocycles. The van der Waals surface area contributed by atoms with E-state index in [1.54, 1.807) is 0 Å². The lowest BCUT2D eigenvalue weighted by atomic mass is 9.88. The maximum Gasteiger partial charge on any atom is 0.231 e. The predicted octanol–water partition coefficient (Wildman–Crippen LogP) is 2.59. The zero-order valence-corrected chi connectivity index (χ0v) is 10.9. The molecule has 2 N–H and O–H groups in total. The van der Waals surface area contributed by atoms with Crippen LogP contribution < -0.4 is 10.6 Å². The van der Waals surface area contributed by atoms with Gasteiger partial charge in [-0.05, 0) is 44.5 Å². The lowest BCUT2D eigenvalue weighted by Crippen LogP contribution is -2.35. The summed E-state index contributed by atoms with van der Waals surface area (Å²) in [6.45, 7) is 5.53. The Morgan fingerprint density at radius 1 is 1.53 bits per heavy atom. The highest BCUT2D eigenvalue weighted by Crippen LogP contribution is 2.28. The average Bonchev–Trinajstić information content (AvgIpc) is 2.73. The molecule has 1 aliphatic rings. The number of hydrogen-bond donors (Lipinski definition) is 2. The van der Waals surface area contributed by atoms with Crippen LogP contribution in [0.3, 0.4) is 0 Å². The average molecular weight is 253 g/mol. The lowest BCUT2D eigenvalue weighted by Gasteiger charge is -2.22. The molecule has 1 aliphatic heterocycles. The topological polar surface area (TPSA) is 41.1 Å². The summed E-state index contributed by atoms with van der Waals surface area (Å²) in [6.07, 6.45) is 0.873. The highest BCUT2D eigenvalue weighted by Gasteiger charge is 2.36. The van der Waals surface area contributed by atoms with E-state index in [1.807, 2.05) is 32.0 Å². The van der Waals surface area contributed by atoms with E-state index in [0.29, 0.717) is 5.02 Å². The molecule has 1 saturated heterocycles. The summed E-state index contributed by atoms with van der Waals surface area (Å²) in [7, 11) is 0. The molecular weight excluding hydrogens is 236 g/mol. The van der Waals surface area contributed by atoms with Crippen molar-refractivity contribution >= 4 is 23.2 Å². The molecule has 4 heteroatoms. The van der Waals surface area contributed by atoms with E-state index in [1.165, 1.54) is 0 Å². The maximum absolute atomic E-state index is 12.2. The third-order valence-corrected chi connectivity index (χ3v) is 3.84. The molecule has 1 amide bonds. The minimum atomic E-state index is -0.311. The first kappa shape index (κ1) is 12.4. The fourth-order valence-corrected chi connectivity index (χ4v) is 2.20. The number of hydrogen-bond acceptors (Lipinski definition) is 2. The van der Waals surface area contributed by atoms with Crippen LogP contribution in [0.15, 0.2) is 18.2 Å². The highest BCUT2D eigenvalue weighted by atomic mass is 35.5. The molecule has 1 heterocycles. The van der Waals surface area contributed by atoms with Crippen LogP contribution in [0, 0.1) is 12.3 Å². The van der Waals surface area contributed by atoms with Gasteiger partial charge in [0.1, 0.15) is 0 Å². The van der Waals surface area contributed by atoms with Crippen LogP contribution in [0.2, 0.25) is 5.02 Å². The second-order valence-corrected chi connectivity index (χ2v) is 5.26. The zero-order chi connectivity index (χ0) is 12.5. The molecule has 1 atom stereocenters. The third kappa shape index (κ3) is 2.45. The van der Waals surface area contributed by atoms with Gasteiger partial charge >= 0.3 is 0 Å². The predicted molar refractivity (Wildman–Crippen MR) is 70.4 cm³/mol. The van der Waals surface area contributed by atoms with Gasteiger partial charge in [0, 0.05) is 17.3 Å². The van der Waals surface area contributed by atoms with Crippen molar-refractivity contribution in [3.63, 3.8) is 0 Å². The minimum absolute atomic E-state index is 0.0628. The standard InChI is InChI=1S/C13H17ClN2O/c1-9-10(14)4-3-5-11(9)16-12(17)13(2)6-7-15-8-13/h3-5,15H,6-8H2,1-2H3,(H,16,17). The molecule has 0 bridgehead atoms. The zero-order valence-electron chi connectivity index (χ0n) is 10.1. The van der Waals surface area contributed by atoms with Crippen LogP contribution in [-0.2, 0) is 4.79 Å². The largest absolute Gasteiger partial charge is 0.325 e. The molecule has 17 heavy (non-hydrogen) atoms. The van der Waals surface area contributed by atoms with Gasteiger partial charge in [-0.15, -0.1) is 0 Å². The van der Waals surface area contributed by atoms with Crippen molar-refractivity contribution in [1.29, 1.82) is 0 Å². The Kier molecular flexibility index (Phi) is 3.40. The molecule has 92 valence electrons. The van der Waals surface area contributed by atoms with Gasteiger partial charge in [0.15, 0.2) is 0 Å². The Labute approximate surface area is 107 Å². The monoisotopic (exact) mass is 252 g/mol. The first-order valence-electron chi connectivity index (χ1n) is 5.80. The number of carbonyl (C=O) groups excluding carboxylic acids is 1. The summed E-state index contributed by atoms with van der Waals surface area (Å²) < 4.78 is 0. The molecule has 0 saturated carbocycles. The van der Waals surface area contributed by atoms with Crippen LogP contribution >= 0.6 is 11.6 Å². The molecule has 0 aromatic heterocycles. The van der Waals surface area contributed by atoms with E-state index in [0.717, 1.165) is 30.8 Å². The second kappa shape index (κ2) is 4.67. The summed E-state index contributed by atoms with van der Waals surface area (Å²) in [6, 6.07) is 5.55. The Hall–Kier alpha value is -1.06. The maximum atomic E-state index is 12.2. The summed E-state index contributed by atoms with van der Waals surface area (Å²) in [5, 5.41) is 6.87. The van der Waals surface area contributed by atoms with Crippen molar-refractivity contribution in [1.82, 2.24) is 5.32 Å². The van der Waals surface area contributed by atoms with E-state index < -0.39 is 0 Å². The summed E-state index contributed by atoms with van der Waals surface area (Å²) >= 11 is 6.03. The van der Waals surface area contributed by atoms with Gasteiger partial charge in [-0.3, -0.25) is 4.79 Å². The number of amides is 1. The Morgan fingerprint density at radius 3 is 2.94 bits per heavy atom. The number of rotatable bonds is 2. The number of benzene rings is 1. The van der Waals surface area contributed by atoms with Crippen molar-refractivity contribution in [2.75, 3.05) is 18.4 Å². The molecule has 3 nitrogen and oxygen atoms in total. The highest BCUT2D eigenvalue weighted by molar-refractivity contribution is 6.31. The van der Waals surface area contributed by atoms with E-state index >= 15 is 0 Å². The van der Waals surface area contributed by atoms with E-state index in [4.69, 9.17) is 11.6 Å². The van der Waals surface area contributed by atoms with Gasteiger partial charge in [0.2, 0.25) is 5.91 Å². The number of carbonyl (C=O) groups is 1. The van der Waals surface area contributed by atoms with E-state index in [-0.39, 0.29) is 11.3 Å². The van der Waals surface area contributed by atoms with Crippen molar-refractivity contribution in [2.24, 2.45) is 5.41 Å². The smallest absolute Gasteiger partial charge is 0.231 e. The summed E-state index contributed by atoms with van der Waals surface area (Å²) in [5.74, 6) is 0.0628. The van der Waals surface area contributed by atoms with Crippen LogP contribution in [-0.4, -0.2) is 19.0 Å². The molecule has 2 rings (SSSR count). The Balaban J connectivity index is 2.16. The molecular formula is C13H17ClN2O. The van der Waals surface area contributed by atoms with Crippen molar-refractivity contribution in [2.45, 2.75) is 20.3 Å². The molecule has 1 aromatic carbocycles. The van der Waals surface area contributed by atoms with Crippen LogP contribution in [0.1, 0.15) is 18.9 Å². The summed E-state index contributed by atoms with van der Waals surface area (Å²) in [4.78, 5) is 12.2. The fraction of sp³-hybridized carbons (Fsp3) is 0.462. The van der Waals surface area contributed by atoms with E-state index in [9.17, 15) is 4.79 Å². The van der Waals surface area contributed by atoms with Crippen molar-refractivity contribution in [3.8, 4) is 0 Å². The molecule has 1 unspecified atom stereocenters. The second-order valence-electron chi connectivity index (χ2n) is 4.85. The number of anilines is 1. The van der Waals surface area contributed by atoms with Crippen LogP contribution in [0.25, 0.3) is 0 Å². The number of nitrogens with one attached hydrogen (secondary N) is 2. The van der Waals surface area contributed by atoms with Gasteiger partial charge in [0.05, 0.1) is 5.41 Å². The van der Waals surface area contributed by atoms with Crippen molar-refractivity contribution in [3.05, 3.63) is 28.8 Å². The van der Waals surface area contributed by atoms with Crippen LogP contribution in [0.5, 0.6) is 0 Å². The molecule has 0 spiro atoms. The van der Waals surface area contributed by atoms with Gasteiger partial charge < -0.3 is 10.6 Å². The number of halogens is 1. The summed E-state index contributed by atoms with van der Waals surface area (Å²) in [5.41, 5.74) is 1.40. The van der Waals surface area contributed by atoms with Gasteiger partial charge in [0.25, 0.3) is 0 Å². The van der Waals surface area contributed by atoms with E-state index in [2.05, 4.69) is 10.6 Å². The molecule has 0 radical (unpaired) electrons. The van der Waals surface area contributed by atoms with Gasteiger partial charge in [-0.25, -0.2) is 0 Å². The normalized spacial score (nSPS) is 23.7. The first-order valence-corrected chi connectivity index (χ1v) is 6.18. The Bertz CT molecular complexity index is 439. The third-order valence-electron chi connectivity index (χ3n) is 3.43. The first-order chi connectivity index (χ1) is 8.03. The fourth-order valence-electron chi connectivity index (χ4n) is 2.03. The SMILES string of the molecule is Cc1c(Cl)cccc1NC(=O)C1(C)CCNC1. The van der Waals surface area contributed by atoms with Gasteiger partial charge in [-0.2, -0.15) is 0 Å². The minimum Gasteiger partial charge on any atom is -0.325 e. The van der Waals surface area contributed by atoms with Crippen LogP contribution in [0.4, 0.5) is 5.69 Å². The quantitative estimate of drug-likeness (QED) is 0.850. The van der Waals surface area contributed by atoms with Gasteiger partial charge in [-0.1, -0.05) is 17.7 Å².